The Kier molecular flexibility index (Phi) is 4.08. The van der Waals surface area contributed by atoms with Crippen molar-refractivity contribution in [3.8, 4) is 0 Å². The van der Waals surface area contributed by atoms with E-state index < -0.39 is 0 Å². The van der Waals surface area contributed by atoms with Crippen molar-refractivity contribution in [2.75, 3.05) is 0 Å². The van der Waals surface area contributed by atoms with Crippen LogP contribution in [0, 0.1) is 5.82 Å². The van der Waals surface area contributed by atoms with Gasteiger partial charge >= 0.3 is 0 Å². The van der Waals surface area contributed by atoms with Crippen LogP contribution in [0.1, 0.15) is 70.4 Å². The van der Waals surface area contributed by atoms with Gasteiger partial charge in [-0.25, -0.2) is 4.39 Å². The van der Waals surface area contributed by atoms with E-state index in [1.807, 2.05) is 0 Å². The van der Waals surface area contributed by atoms with Gasteiger partial charge in [-0.3, -0.25) is 0 Å². The van der Waals surface area contributed by atoms with Crippen molar-refractivity contribution in [2.45, 2.75) is 70.0 Å². The van der Waals surface area contributed by atoms with Crippen molar-refractivity contribution in [3.63, 3.8) is 0 Å². The third kappa shape index (κ3) is 3.40. The first kappa shape index (κ1) is 14.6. The van der Waals surface area contributed by atoms with Gasteiger partial charge in [0.25, 0.3) is 0 Å². The number of benzene rings is 1. The zero-order chi connectivity index (χ0) is 14.1. The van der Waals surface area contributed by atoms with Gasteiger partial charge in [0.15, 0.2) is 0 Å². The zero-order valence-electron chi connectivity index (χ0n) is 12.9. The van der Waals surface area contributed by atoms with E-state index in [0.717, 1.165) is 5.56 Å². The molecule has 2 heteroatoms. The van der Waals surface area contributed by atoms with Gasteiger partial charge in [-0.1, -0.05) is 65.4 Å². The Labute approximate surface area is 118 Å². The van der Waals surface area contributed by atoms with Crippen LogP contribution in [-0.4, -0.2) is 7.85 Å². The first-order valence-corrected chi connectivity index (χ1v) is 7.63. The SMILES string of the molecule is BC1(c2cc(F)cc(C(C)(C)C)c2)CCCCCC1. The second-order valence-corrected chi connectivity index (χ2v) is 7.45. The molecular weight excluding hydrogens is 234 g/mol. The average Bonchev–Trinajstić information content (AvgIpc) is 2.53. The van der Waals surface area contributed by atoms with Crippen molar-refractivity contribution in [3.05, 3.63) is 35.1 Å². The summed E-state index contributed by atoms with van der Waals surface area (Å²) >= 11 is 0. The first-order chi connectivity index (χ1) is 8.81. The molecule has 0 atom stereocenters. The molecule has 2 rings (SSSR count). The fourth-order valence-electron chi connectivity index (χ4n) is 3.17. The van der Waals surface area contributed by atoms with Crippen molar-refractivity contribution >= 4 is 7.85 Å². The Morgan fingerprint density at radius 3 is 2.11 bits per heavy atom. The average molecular weight is 260 g/mol. The van der Waals surface area contributed by atoms with Gasteiger partial charge in [-0.05, 0) is 34.0 Å². The maximum Gasteiger partial charge on any atom is 0.123 e. The van der Waals surface area contributed by atoms with Crippen molar-refractivity contribution in [1.82, 2.24) is 0 Å². The summed E-state index contributed by atoms with van der Waals surface area (Å²) in [6.07, 6.45) is 7.60. The van der Waals surface area contributed by atoms with E-state index >= 15 is 0 Å². The Balaban J connectivity index is 2.40. The van der Waals surface area contributed by atoms with E-state index in [9.17, 15) is 4.39 Å². The van der Waals surface area contributed by atoms with Crippen LogP contribution in [-0.2, 0) is 10.7 Å². The molecule has 0 spiro atoms. The van der Waals surface area contributed by atoms with E-state index in [-0.39, 0.29) is 16.5 Å². The summed E-state index contributed by atoms with van der Waals surface area (Å²) in [5.74, 6) is -0.0760. The molecule has 0 unspecified atom stereocenters. The molecule has 19 heavy (non-hydrogen) atoms. The molecule has 0 radical (unpaired) electrons. The van der Waals surface area contributed by atoms with E-state index in [4.69, 9.17) is 0 Å². The minimum absolute atomic E-state index is 0.0118. The van der Waals surface area contributed by atoms with Gasteiger partial charge in [-0.15, -0.1) is 0 Å². The second kappa shape index (κ2) is 5.30. The summed E-state index contributed by atoms with van der Waals surface area (Å²) in [5.41, 5.74) is 2.34. The van der Waals surface area contributed by atoms with Crippen LogP contribution in [0.2, 0.25) is 0 Å². The lowest BCUT2D eigenvalue weighted by Gasteiger charge is -2.31. The topological polar surface area (TPSA) is 0 Å². The van der Waals surface area contributed by atoms with Gasteiger partial charge in [0.1, 0.15) is 13.7 Å². The summed E-state index contributed by atoms with van der Waals surface area (Å²) < 4.78 is 14.0. The minimum atomic E-state index is -0.0760. The lowest BCUT2D eigenvalue weighted by atomic mass is 9.59. The molecule has 0 nitrogen and oxygen atoms in total. The van der Waals surface area contributed by atoms with E-state index in [0.29, 0.717) is 0 Å². The molecule has 1 fully saturated rings. The molecule has 0 N–H and O–H groups in total. The lowest BCUT2D eigenvalue weighted by Crippen LogP contribution is -2.27. The summed E-state index contributed by atoms with van der Waals surface area (Å²) in [4.78, 5) is 0. The molecule has 1 aliphatic rings. The highest BCUT2D eigenvalue weighted by molar-refractivity contribution is 6.16. The minimum Gasteiger partial charge on any atom is -0.207 e. The Morgan fingerprint density at radius 2 is 1.58 bits per heavy atom. The maximum atomic E-state index is 14.0. The number of hydrogen-bond acceptors (Lipinski definition) is 0. The Hall–Kier alpha value is -0.785. The first-order valence-electron chi connectivity index (χ1n) is 7.63. The molecule has 0 heterocycles. The molecule has 1 aromatic rings. The molecule has 0 aromatic heterocycles. The van der Waals surface area contributed by atoms with Crippen molar-refractivity contribution in [1.29, 1.82) is 0 Å². The van der Waals surface area contributed by atoms with E-state index in [1.165, 1.54) is 44.1 Å². The fourth-order valence-corrected chi connectivity index (χ4v) is 3.17. The standard InChI is InChI=1S/C17H26BF/c1-16(2,3)13-10-14(12-15(19)11-13)17(18)8-6-4-5-7-9-17/h10-12H,4-9,18H2,1-3H3. The normalized spacial score (nSPS) is 20.0. The zero-order valence-corrected chi connectivity index (χ0v) is 12.9. The molecule has 104 valence electrons. The quantitative estimate of drug-likeness (QED) is 0.521. The monoisotopic (exact) mass is 260 g/mol. The largest absolute Gasteiger partial charge is 0.207 e. The second-order valence-electron chi connectivity index (χ2n) is 7.45. The van der Waals surface area contributed by atoms with Crippen LogP contribution in [0.3, 0.4) is 0 Å². The van der Waals surface area contributed by atoms with Crippen molar-refractivity contribution in [2.24, 2.45) is 0 Å². The number of rotatable bonds is 1. The fraction of sp³-hybridized carbons (Fsp3) is 0.647. The van der Waals surface area contributed by atoms with Gasteiger partial charge in [0.05, 0.1) is 0 Å². The molecule has 0 bridgehead atoms. The third-order valence-electron chi connectivity index (χ3n) is 4.67. The molecular formula is C17H26BF. The van der Waals surface area contributed by atoms with Gasteiger partial charge in [0, 0.05) is 0 Å². The highest BCUT2D eigenvalue weighted by atomic mass is 19.1. The molecule has 1 aromatic carbocycles. The third-order valence-corrected chi connectivity index (χ3v) is 4.67. The van der Waals surface area contributed by atoms with E-state index in [2.05, 4.69) is 34.7 Å². The van der Waals surface area contributed by atoms with Crippen LogP contribution in [0.15, 0.2) is 18.2 Å². The van der Waals surface area contributed by atoms with Gasteiger partial charge in [-0.2, -0.15) is 0 Å². The van der Waals surface area contributed by atoms with Crippen LogP contribution < -0.4 is 0 Å². The summed E-state index contributed by atoms with van der Waals surface area (Å²) in [6.45, 7) is 6.46. The maximum absolute atomic E-state index is 14.0. The summed E-state index contributed by atoms with van der Waals surface area (Å²) in [6, 6.07) is 5.71. The number of halogens is 1. The highest BCUT2D eigenvalue weighted by Crippen LogP contribution is 2.37. The van der Waals surface area contributed by atoms with Crippen LogP contribution in [0.5, 0.6) is 0 Å². The van der Waals surface area contributed by atoms with Gasteiger partial charge < -0.3 is 0 Å². The van der Waals surface area contributed by atoms with Crippen LogP contribution in [0.25, 0.3) is 0 Å². The predicted molar refractivity (Wildman–Crippen MR) is 83.0 cm³/mol. The molecule has 1 saturated carbocycles. The molecule has 0 amide bonds. The molecule has 0 saturated heterocycles. The molecule has 0 aliphatic heterocycles. The smallest absolute Gasteiger partial charge is 0.123 e. The van der Waals surface area contributed by atoms with Crippen LogP contribution in [0.4, 0.5) is 4.39 Å². The lowest BCUT2D eigenvalue weighted by molar-refractivity contribution is 0.510. The van der Waals surface area contributed by atoms with Crippen LogP contribution >= 0.6 is 0 Å². The predicted octanol–water partition coefficient (Wildman–Crippen LogP) is 4.31. The molecule has 1 aliphatic carbocycles. The Bertz CT molecular complexity index is 437. The van der Waals surface area contributed by atoms with Gasteiger partial charge in [0.2, 0.25) is 0 Å². The number of hydrogen-bond donors (Lipinski definition) is 0. The van der Waals surface area contributed by atoms with E-state index in [1.54, 1.807) is 12.1 Å². The highest BCUT2D eigenvalue weighted by Gasteiger charge is 2.29. The summed E-state index contributed by atoms with van der Waals surface area (Å²) in [7, 11) is 2.32. The Morgan fingerprint density at radius 1 is 1.00 bits per heavy atom. The summed E-state index contributed by atoms with van der Waals surface area (Å²) in [5, 5.41) is 0.165. The van der Waals surface area contributed by atoms with Crippen molar-refractivity contribution < 1.29 is 4.39 Å².